The summed E-state index contributed by atoms with van der Waals surface area (Å²) in [6.45, 7) is 4.36. The highest BCUT2D eigenvalue weighted by Gasteiger charge is 2.20. The molecule has 0 radical (unpaired) electrons. The van der Waals surface area contributed by atoms with Gasteiger partial charge in [-0.3, -0.25) is 0 Å². The molecular formula is C10H18O2. The van der Waals surface area contributed by atoms with Crippen molar-refractivity contribution in [2.75, 3.05) is 13.7 Å². The zero-order chi connectivity index (χ0) is 8.81. The molecule has 0 N–H and O–H groups in total. The molecule has 1 aliphatic rings. The summed E-state index contributed by atoms with van der Waals surface area (Å²) in [6, 6.07) is 0. The molecule has 0 heterocycles. The van der Waals surface area contributed by atoms with Gasteiger partial charge in [-0.15, -0.1) is 0 Å². The van der Waals surface area contributed by atoms with Crippen LogP contribution >= 0.6 is 0 Å². The molecule has 1 saturated carbocycles. The molecule has 1 fully saturated rings. The molecule has 2 nitrogen and oxygen atoms in total. The Bertz CT molecular complexity index is 126. The quantitative estimate of drug-likeness (QED) is 0.603. The monoisotopic (exact) mass is 170 g/mol. The summed E-state index contributed by atoms with van der Waals surface area (Å²) >= 11 is 0. The van der Waals surface area contributed by atoms with Gasteiger partial charge < -0.3 is 9.47 Å². The van der Waals surface area contributed by atoms with Crippen LogP contribution in [0.2, 0.25) is 0 Å². The number of ether oxygens (including phenoxy) is 2. The van der Waals surface area contributed by atoms with Gasteiger partial charge in [0.25, 0.3) is 0 Å². The minimum atomic E-state index is 0.491. The van der Waals surface area contributed by atoms with Gasteiger partial charge in [0.15, 0.2) is 0 Å². The Kier molecular flexibility index (Phi) is 4.15. The van der Waals surface area contributed by atoms with Crippen molar-refractivity contribution in [2.24, 2.45) is 5.92 Å². The van der Waals surface area contributed by atoms with Crippen molar-refractivity contribution in [3.05, 3.63) is 12.8 Å². The van der Waals surface area contributed by atoms with E-state index in [9.17, 15) is 0 Å². The Morgan fingerprint density at radius 2 is 2.00 bits per heavy atom. The fraction of sp³-hybridized carbons (Fsp3) is 0.800. The zero-order valence-corrected chi connectivity index (χ0v) is 7.79. The number of hydrogen-bond donors (Lipinski definition) is 0. The molecule has 0 amide bonds. The maximum absolute atomic E-state index is 5.28. The normalized spacial score (nSPS) is 29.8. The first-order valence-electron chi connectivity index (χ1n) is 4.62. The topological polar surface area (TPSA) is 18.5 Å². The van der Waals surface area contributed by atoms with E-state index in [1.54, 1.807) is 7.11 Å². The molecule has 1 aliphatic carbocycles. The van der Waals surface area contributed by atoms with Crippen LogP contribution < -0.4 is 0 Å². The molecule has 1 rings (SSSR count). The highest BCUT2D eigenvalue weighted by molar-refractivity contribution is 4.72. The lowest BCUT2D eigenvalue weighted by atomic mass is 9.88. The van der Waals surface area contributed by atoms with Gasteiger partial charge >= 0.3 is 0 Å². The van der Waals surface area contributed by atoms with Crippen LogP contribution in [0.15, 0.2) is 12.8 Å². The van der Waals surface area contributed by atoms with Crippen molar-refractivity contribution in [2.45, 2.75) is 31.8 Å². The first kappa shape index (κ1) is 9.59. The molecule has 2 heteroatoms. The Labute approximate surface area is 74.6 Å². The molecule has 0 unspecified atom stereocenters. The average Bonchev–Trinajstić information content (AvgIpc) is 2.15. The Morgan fingerprint density at radius 1 is 1.33 bits per heavy atom. The standard InChI is InChI=1S/C10H18O2/c1-3-12-8-9-4-6-10(11-2)7-5-9/h3,9-10H,1,4-8H2,2H3/t9-,10+. The van der Waals surface area contributed by atoms with Crippen molar-refractivity contribution >= 4 is 0 Å². The van der Waals surface area contributed by atoms with E-state index in [1.807, 2.05) is 0 Å². The van der Waals surface area contributed by atoms with Crippen LogP contribution in [-0.2, 0) is 9.47 Å². The maximum Gasteiger partial charge on any atom is 0.0901 e. The highest BCUT2D eigenvalue weighted by atomic mass is 16.5. The van der Waals surface area contributed by atoms with Crippen molar-refractivity contribution in [3.8, 4) is 0 Å². The fourth-order valence-corrected chi connectivity index (χ4v) is 1.74. The van der Waals surface area contributed by atoms with Gasteiger partial charge in [0.1, 0.15) is 0 Å². The molecule has 0 aromatic heterocycles. The molecule has 0 bridgehead atoms. The third-order valence-electron chi connectivity index (χ3n) is 2.58. The molecule has 12 heavy (non-hydrogen) atoms. The van der Waals surface area contributed by atoms with E-state index in [2.05, 4.69) is 6.58 Å². The predicted octanol–water partition coefficient (Wildman–Crippen LogP) is 2.35. The smallest absolute Gasteiger partial charge is 0.0901 e. The summed E-state index contributed by atoms with van der Waals surface area (Å²) in [4.78, 5) is 0. The second-order valence-corrected chi connectivity index (χ2v) is 3.38. The second kappa shape index (κ2) is 5.20. The minimum Gasteiger partial charge on any atom is -0.502 e. The van der Waals surface area contributed by atoms with E-state index in [0.717, 1.165) is 12.5 Å². The molecule has 0 aliphatic heterocycles. The van der Waals surface area contributed by atoms with E-state index in [-0.39, 0.29) is 0 Å². The SMILES string of the molecule is C=COC[C@H]1CC[C@@H](OC)CC1. The van der Waals surface area contributed by atoms with Crippen LogP contribution in [0.5, 0.6) is 0 Å². The highest BCUT2D eigenvalue weighted by Crippen LogP contribution is 2.25. The van der Waals surface area contributed by atoms with E-state index in [4.69, 9.17) is 9.47 Å². The molecule has 0 aromatic rings. The van der Waals surface area contributed by atoms with E-state index < -0.39 is 0 Å². The maximum atomic E-state index is 5.28. The van der Waals surface area contributed by atoms with Gasteiger partial charge in [0.2, 0.25) is 0 Å². The average molecular weight is 170 g/mol. The summed E-state index contributed by atoms with van der Waals surface area (Å²) in [5.41, 5.74) is 0. The van der Waals surface area contributed by atoms with Crippen LogP contribution in [0, 0.1) is 5.92 Å². The van der Waals surface area contributed by atoms with Crippen LogP contribution in [0.4, 0.5) is 0 Å². The third kappa shape index (κ3) is 2.86. The van der Waals surface area contributed by atoms with Crippen molar-refractivity contribution < 1.29 is 9.47 Å². The minimum absolute atomic E-state index is 0.491. The summed E-state index contributed by atoms with van der Waals surface area (Å²) in [5.74, 6) is 0.717. The lowest BCUT2D eigenvalue weighted by Gasteiger charge is -2.26. The lowest BCUT2D eigenvalue weighted by molar-refractivity contribution is 0.0436. The fourth-order valence-electron chi connectivity index (χ4n) is 1.74. The first-order chi connectivity index (χ1) is 5.86. The van der Waals surface area contributed by atoms with Gasteiger partial charge in [0, 0.05) is 7.11 Å². The van der Waals surface area contributed by atoms with Crippen LogP contribution in [0.1, 0.15) is 25.7 Å². The van der Waals surface area contributed by atoms with Gasteiger partial charge in [0.05, 0.1) is 19.0 Å². The summed E-state index contributed by atoms with van der Waals surface area (Å²) in [6.07, 6.45) is 6.84. The molecule has 0 saturated heterocycles. The zero-order valence-electron chi connectivity index (χ0n) is 7.79. The van der Waals surface area contributed by atoms with Crippen molar-refractivity contribution in [3.63, 3.8) is 0 Å². The van der Waals surface area contributed by atoms with Crippen LogP contribution in [0.25, 0.3) is 0 Å². The van der Waals surface area contributed by atoms with E-state index in [0.29, 0.717) is 6.10 Å². The largest absolute Gasteiger partial charge is 0.502 e. The van der Waals surface area contributed by atoms with Crippen molar-refractivity contribution in [1.29, 1.82) is 0 Å². The van der Waals surface area contributed by atoms with E-state index >= 15 is 0 Å². The number of rotatable bonds is 4. The van der Waals surface area contributed by atoms with Gasteiger partial charge in [-0.05, 0) is 31.6 Å². The predicted molar refractivity (Wildman–Crippen MR) is 48.9 cm³/mol. The summed E-state index contributed by atoms with van der Waals surface area (Å²) in [5, 5.41) is 0. The van der Waals surface area contributed by atoms with Gasteiger partial charge in [-0.25, -0.2) is 0 Å². The van der Waals surface area contributed by atoms with Gasteiger partial charge in [-0.2, -0.15) is 0 Å². The Balaban J connectivity index is 2.12. The second-order valence-electron chi connectivity index (χ2n) is 3.38. The Morgan fingerprint density at radius 3 is 2.50 bits per heavy atom. The molecular weight excluding hydrogens is 152 g/mol. The van der Waals surface area contributed by atoms with Crippen LogP contribution in [0.3, 0.4) is 0 Å². The molecule has 0 atom stereocenters. The summed E-state index contributed by atoms with van der Waals surface area (Å²) in [7, 11) is 1.80. The third-order valence-corrected chi connectivity index (χ3v) is 2.58. The molecule has 0 spiro atoms. The Hall–Kier alpha value is -0.500. The summed E-state index contributed by atoms with van der Waals surface area (Å²) < 4.78 is 10.4. The lowest BCUT2D eigenvalue weighted by Crippen LogP contribution is -2.22. The molecule has 70 valence electrons. The number of methoxy groups -OCH3 is 1. The number of hydrogen-bond acceptors (Lipinski definition) is 2. The first-order valence-corrected chi connectivity index (χ1v) is 4.62. The van der Waals surface area contributed by atoms with Crippen LogP contribution in [-0.4, -0.2) is 19.8 Å². The molecule has 0 aromatic carbocycles. The van der Waals surface area contributed by atoms with E-state index in [1.165, 1.54) is 31.9 Å². The van der Waals surface area contributed by atoms with Gasteiger partial charge in [-0.1, -0.05) is 6.58 Å². The van der Waals surface area contributed by atoms with Crippen molar-refractivity contribution in [1.82, 2.24) is 0 Å².